The van der Waals surface area contributed by atoms with Crippen LogP contribution in [0.4, 0.5) is 0 Å². The van der Waals surface area contributed by atoms with E-state index in [0.717, 1.165) is 0 Å². The molecule has 0 aliphatic carbocycles. The summed E-state index contributed by atoms with van der Waals surface area (Å²) in [7, 11) is 0. The van der Waals surface area contributed by atoms with E-state index in [-0.39, 0.29) is 0 Å². The van der Waals surface area contributed by atoms with Crippen LogP contribution in [0.1, 0.15) is 26.7 Å². The van der Waals surface area contributed by atoms with E-state index in [1.54, 1.807) is 12.3 Å². The second-order valence-electron chi connectivity index (χ2n) is 2.40. The minimum Gasteiger partial charge on any atom is -0.300 e. The van der Waals surface area contributed by atoms with Crippen molar-refractivity contribution >= 4 is 17.4 Å². The van der Waals surface area contributed by atoms with Crippen molar-refractivity contribution in [3.63, 3.8) is 0 Å². The van der Waals surface area contributed by atoms with E-state index in [2.05, 4.69) is 4.98 Å². The molecular formula is C10H14ClNO. The summed E-state index contributed by atoms with van der Waals surface area (Å²) in [5.74, 6) is 0.343. The van der Waals surface area contributed by atoms with Gasteiger partial charge >= 0.3 is 0 Å². The Morgan fingerprint density at radius 1 is 1.38 bits per heavy atom. The van der Waals surface area contributed by atoms with Crippen molar-refractivity contribution in [2.75, 3.05) is 0 Å². The molecule has 0 fully saturated rings. The average molecular weight is 200 g/mol. The van der Waals surface area contributed by atoms with Gasteiger partial charge in [0.25, 0.3) is 0 Å². The summed E-state index contributed by atoms with van der Waals surface area (Å²) >= 11 is 5.43. The zero-order valence-electron chi connectivity index (χ0n) is 7.96. The smallest absolute Gasteiger partial charge is 0.132 e. The highest BCUT2D eigenvalue weighted by atomic mass is 35.5. The van der Waals surface area contributed by atoms with Crippen LogP contribution in [0.15, 0.2) is 24.4 Å². The number of halogens is 1. The third-order valence-corrected chi connectivity index (χ3v) is 1.64. The largest absolute Gasteiger partial charge is 0.300 e. The van der Waals surface area contributed by atoms with Crippen molar-refractivity contribution in [2.24, 2.45) is 0 Å². The van der Waals surface area contributed by atoms with Crippen LogP contribution in [0.5, 0.6) is 0 Å². The van der Waals surface area contributed by atoms with Gasteiger partial charge in [-0.15, -0.1) is 0 Å². The molecule has 0 saturated carbocycles. The lowest BCUT2D eigenvalue weighted by Crippen LogP contribution is -1.88. The van der Waals surface area contributed by atoms with Gasteiger partial charge in [0.05, 0.1) is 0 Å². The van der Waals surface area contributed by atoms with Crippen molar-refractivity contribution in [2.45, 2.75) is 26.7 Å². The maximum Gasteiger partial charge on any atom is 0.132 e. The maximum absolute atomic E-state index is 10.2. The van der Waals surface area contributed by atoms with Gasteiger partial charge < -0.3 is 0 Å². The van der Waals surface area contributed by atoms with E-state index in [4.69, 9.17) is 11.6 Å². The molecule has 0 amide bonds. The molecule has 13 heavy (non-hydrogen) atoms. The first-order valence-corrected chi connectivity index (χ1v) is 4.66. The van der Waals surface area contributed by atoms with Crippen LogP contribution in [0.25, 0.3) is 0 Å². The fourth-order valence-electron chi connectivity index (χ4n) is 0.592. The van der Waals surface area contributed by atoms with Crippen LogP contribution in [0.3, 0.4) is 0 Å². The molecule has 0 aliphatic heterocycles. The van der Waals surface area contributed by atoms with E-state index < -0.39 is 0 Å². The molecule has 1 aromatic heterocycles. The van der Waals surface area contributed by atoms with Crippen molar-refractivity contribution in [3.05, 3.63) is 29.5 Å². The number of pyridine rings is 1. The Morgan fingerprint density at radius 3 is 2.15 bits per heavy atom. The third kappa shape index (κ3) is 7.47. The maximum atomic E-state index is 10.2. The Balaban J connectivity index is 0.000000226. The second-order valence-corrected chi connectivity index (χ2v) is 2.79. The molecule has 1 heterocycles. The highest BCUT2D eigenvalue weighted by Gasteiger charge is 1.86. The Bertz CT molecular complexity index is 230. The fraction of sp³-hybridized carbons (Fsp3) is 0.400. The molecule has 0 unspecified atom stereocenters. The molecule has 0 aromatic carbocycles. The lowest BCUT2D eigenvalue weighted by molar-refractivity contribution is -0.118. The van der Waals surface area contributed by atoms with Crippen molar-refractivity contribution in [3.8, 4) is 0 Å². The van der Waals surface area contributed by atoms with Gasteiger partial charge in [-0.05, 0) is 12.1 Å². The molecule has 72 valence electrons. The zero-order valence-corrected chi connectivity index (χ0v) is 8.71. The van der Waals surface area contributed by atoms with Gasteiger partial charge in [-0.25, -0.2) is 4.98 Å². The number of Topliss-reactive ketones (excluding diaryl/α,β-unsaturated/α-hetero) is 1. The van der Waals surface area contributed by atoms with Gasteiger partial charge in [-0.1, -0.05) is 31.5 Å². The van der Waals surface area contributed by atoms with E-state index in [9.17, 15) is 4.79 Å². The van der Waals surface area contributed by atoms with Crippen LogP contribution < -0.4 is 0 Å². The standard InChI is InChI=1S/C5H4ClN.C5H10O/c6-5-3-1-2-4-7-5;1-3-5(6)4-2/h1-4H;3-4H2,1-2H3. The van der Waals surface area contributed by atoms with E-state index in [0.29, 0.717) is 23.8 Å². The monoisotopic (exact) mass is 199 g/mol. The number of hydrogen-bond donors (Lipinski definition) is 0. The zero-order chi connectivity index (χ0) is 10.1. The molecule has 1 rings (SSSR count). The van der Waals surface area contributed by atoms with Crippen LogP contribution >= 0.6 is 11.6 Å². The molecule has 0 bridgehead atoms. The van der Waals surface area contributed by atoms with E-state index >= 15 is 0 Å². The summed E-state index contributed by atoms with van der Waals surface area (Å²) in [5.41, 5.74) is 0. The van der Waals surface area contributed by atoms with Gasteiger partial charge in [-0.3, -0.25) is 4.79 Å². The first kappa shape index (κ1) is 12.1. The lowest BCUT2D eigenvalue weighted by Gasteiger charge is -1.81. The number of aromatic nitrogens is 1. The molecule has 1 aromatic rings. The summed E-state index contributed by atoms with van der Waals surface area (Å²) in [6.07, 6.45) is 3.04. The highest BCUT2D eigenvalue weighted by Crippen LogP contribution is 1.98. The van der Waals surface area contributed by atoms with Crippen molar-refractivity contribution in [1.29, 1.82) is 0 Å². The Labute approximate surface area is 83.9 Å². The van der Waals surface area contributed by atoms with Crippen LogP contribution in [0.2, 0.25) is 5.15 Å². The lowest BCUT2D eigenvalue weighted by atomic mass is 10.3. The fourth-order valence-corrected chi connectivity index (χ4v) is 0.721. The SMILES string of the molecule is CCC(=O)CC.Clc1ccccn1. The Morgan fingerprint density at radius 2 is 2.00 bits per heavy atom. The molecule has 2 nitrogen and oxygen atoms in total. The number of nitrogens with zero attached hydrogens (tertiary/aromatic N) is 1. The predicted molar refractivity (Wildman–Crippen MR) is 54.8 cm³/mol. The number of rotatable bonds is 2. The van der Waals surface area contributed by atoms with Gasteiger partial charge in [0, 0.05) is 19.0 Å². The van der Waals surface area contributed by atoms with Gasteiger partial charge in [0.2, 0.25) is 0 Å². The number of carbonyl (C=O) groups is 1. The first-order valence-electron chi connectivity index (χ1n) is 4.28. The molecule has 0 N–H and O–H groups in total. The molecule has 3 heteroatoms. The quantitative estimate of drug-likeness (QED) is 0.686. The summed E-state index contributed by atoms with van der Waals surface area (Å²) in [5, 5.41) is 0.544. The average Bonchev–Trinajstić information content (AvgIpc) is 2.19. The molecule has 0 spiro atoms. The molecule has 0 saturated heterocycles. The van der Waals surface area contributed by atoms with Crippen LogP contribution in [-0.2, 0) is 4.79 Å². The topological polar surface area (TPSA) is 30.0 Å². The van der Waals surface area contributed by atoms with Crippen LogP contribution in [0, 0.1) is 0 Å². The minimum absolute atomic E-state index is 0.343. The second kappa shape index (κ2) is 7.74. The summed E-state index contributed by atoms with van der Waals surface area (Å²) in [4.78, 5) is 13.9. The van der Waals surface area contributed by atoms with Crippen molar-refractivity contribution in [1.82, 2.24) is 4.98 Å². The molecular weight excluding hydrogens is 186 g/mol. The number of carbonyl (C=O) groups excluding carboxylic acids is 1. The van der Waals surface area contributed by atoms with Gasteiger partial charge in [0.15, 0.2) is 0 Å². The molecule has 0 radical (unpaired) electrons. The Kier molecular flexibility index (Phi) is 7.21. The van der Waals surface area contributed by atoms with Crippen LogP contribution in [-0.4, -0.2) is 10.8 Å². The van der Waals surface area contributed by atoms with E-state index in [1.165, 1.54) is 0 Å². The third-order valence-electron chi connectivity index (χ3n) is 1.42. The van der Waals surface area contributed by atoms with E-state index in [1.807, 2.05) is 26.0 Å². The van der Waals surface area contributed by atoms with Gasteiger partial charge in [-0.2, -0.15) is 0 Å². The highest BCUT2D eigenvalue weighted by molar-refractivity contribution is 6.29. The summed E-state index contributed by atoms with van der Waals surface area (Å²) in [6, 6.07) is 5.41. The number of hydrogen-bond acceptors (Lipinski definition) is 2. The minimum atomic E-state index is 0.343. The predicted octanol–water partition coefficient (Wildman–Crippen LogP) is 3.11. The number of ketones is 1. The van der Waals surface area contributed by atoms with Crippen molar-refractivity contribution < 1.29 is 4.79 Å². The molecule has 0 atom stereocenters. The first-order chi connectivity index (χ1) is 6.20. The van der Waals surface area contributed by atoms with Gasteiger partial charge in [0.1, 0.15) is 10.9 Å². The summed E-state index contributed by atoms with van der Waals surface area (Å²) in [6.45, 7) is 3.76. The normalized spacial score (nSPS) is 8.54. The Hall–Kier alpha value is -0.890. The molecule has 0 aliphatic rings. The summed E-state index contributed by atoms with van der Waals surface area (Å²) < 4.78 is 0.